The Labute approximate surface area is 112 Å². The molecule has 0 aliphatic heterocycles. The summed E-state index contributed by atoms with van der Waals surface area (Å²) in [7, 11) is 0. The molecule has 0 spiro atoms. The molecule has 0 aromatic heterocycles. The van der Waals surface area contributed by atoms with Gasteiger partial charge < -0.3 is 10.5 Å². The van der Waals surface area contributed by atoms with Gasteiger partial charge in [-0.3, -0.25) is 4.90 Å². The maximum absolute atomic E-state index is 5.71. The number of nitrogens with zero attached hydrogens (tertiary/aromatic N) is 1. The molecule has 0 radical (unpaired) electrons. The van der Waals surface area contributed by atoms with Crippen LogP contribution in [0.5, 0.6) is 5.75 Å². The predicted octanol–water partition coefficient (Wildman–Crippen LogP) is 2.43. The van der Waals surface area contributed by atoms with Crippen LogP contribution >= 0.6 is 23.2 Å². The fourth-order valence-electron chi connectivity index (χ4n) is 1.43. The van der Waals surface area contributed by atoms with Crippen LogP contribution in [0, 0.1) is 0 Å². The summed E-state index contributed by atoms with van der Waals surface area (Å²) < 4.78 is 5.60. The molecule has 0 aliphatic rings. The molecule has 96 valence electrons. The average molecular weight is 277 g/mol. The highest BCUT2D eigenvalue weighted by Gasteiger charge is 2.03. The van der Waals surface area contributed by atoms with Crippen molar-refractivity contribution in [1.29, 1.82) is 0 Å². The van der Waals surface area contributed by atoms with Crippen LogP contribution in [-0.2, 0) is 0 Å². The van der Waals surface area contributed by atoms with Gasteiger partial charge in [0.05, 0.1) is 0 Å². The first-order valence-corrected chi connectivity index (χ1v) is 6.66. The number of nitrogens with two attached hydrogens (primary N) is 1. The maximum atomic E-state index is 5.71. The van der Waals surface area contributed by atoms with E-state index in [9.17, 15) is 0 Å². The fourth-order valence-corrected chi connectivity index (χ4v) is 1.91. The van der Waals surface area contributed by atoms with E-state index in [1.54, 1.807) is 0 Å². The lowest BCUT2D eigenvalue weighted by atomic mass is 10.3. The first-order valence-electron chi connectivity index (χ1n) is 5.59. The fraction of sp³-hybridized carbons (Fsp3) is 0.500. The Hall–Kier alpha value is -0.640. The lowest BCUT2D eigenvalue weighted by Crippen LogP contribution is -2.32. The van der Waals surface area contributed by atoms with Gasteiger partial charge in [0.25, 0.3) is 0 Å². The molecule has 1 rings (SSSR count). The minimum atomic E-state index is 0.610. The molecule has 3 nitrogen and oxygen atoms in total. The molecule has 0 saturated heterocycles. The van der Waals surface area contributed by atoms with Crippen LogP contribution in [0.3, 0.4) is 0 Å². The minimum Gasteiger partial charge on any atom is -0.492 e. The summed E-state index contributed by atoms with van der Waals surface area (Å²) >= 11 is 11.4. The van der Waals surface area contributed by atoms with Gasteiger partial charge in [-0.1, -0.05) is 0 Å². The van der Waals surface area contributed by atoms with Crippen LogP contribution in [0.15, 0.2) is 24.3 Å². The van der Waals surface area contributed by atoms with Crippen LogP contribution in [0.1, 0.15) is 0 Å². The zero-order valence-electron chi connectivity index (χ0n) is 9.74. The van der Waals surface area contributed by atoms with Gasteiger partial charge in [0.1, 0.15) is 12.4 Å². The van der Waals surface area contributed by atoms with E-state index in [1.165, 1.54) is 0 Å². The number of benzene rings is 1. The molecular weight excluding hydrogens is 259 g/mol. The summed E-state index contributed by atoms with van der Waals surface area (Å²) in [5, 5.41) is 0. The van der Waals surface area contributed by atoms with Crippen molar-refractivity contribution in [2.45, 2.75) is 0 Å². The molecule has 2 N–H and O–H groups in total. The van der Waals surface area contributed by atoms with E-state index in [-0.39, 0.29) is 0 Å². The van der Waals surface area contributed by atoms with E-state index in [4.69, 9.17) is 33.7 Å². The second kappa shape index (κ2) is 8.45. The quantitative estimate of drug-likeness (QED) is 0.586. The summed E-state index contributed by atoms with van der Waals surface area (Å²) in [5.74, 6) is 2.05. The van der Waals surface area contributed by atoms with Crippen LogP contribution in [-0.4, -0.2) is 42.9 Å². The Morgan fingerprint density at radius 2 is 1.59 bits per heavy atom. The van der Waals surface area contributed by atoms with Crippen molar-refractivity contribution in [1.82, 2.24) is 4.90 Å². The lowest BCUT2D eigenvalue weighted by molar-refractivity contribution is 0.224. The Balaban J connectivity index is 2.27. The average Bonchev–Trinajstić information content (AvgIpc) is 2.32. The first kappa shape index (κ1) is 14.4. The number of hydrogen-bond acceptors (Lipinski definition) is 3. The van der Waals surface area contributed by atoms with Crippen LogP contribution < -0.4 is 10.5 Å². The Kier molecular flexibility index (Phi) is 7.17. The number of anilines is 1. The molecule has 1 aromatic carbocycles. The second-order valence-corrected chi connectivity index (χ2v) is 4.39. The van der Waals surface area contributed by atoms with Crippen molar-refractivity contribution in [3.63, 3.8) is 0 Å². The molecule has 0 fully saturated rings. The van der Waals surface area contributed by atoms with Crippen molar-refractivity contribution in [2.24, 2.45) is 0 Å². The zero-order chi connectivity index (χ0) is 12.5. The largest absolute Gasteiger partial charge is 0.492 e. The van der Waals surface area contributed by atoms with Crippen LogP contribution in [0.4, 0.5) is 5.69 Å². The molecule has 0 aliphatic carbocycles. The molecule has 0 atom stereocenters. The van der Waals surface area contributed by atoms with E-state index >= 15 is 0 Å². The van der Waals surface area contributed by atoms with E-state index < -0.39 is 0 Å². The maximum Gasteiger partial charge on any atom is 0.119 e. The molecular formula is C12H18Cl2N2O. The van der Waals surface area contributed by atoms with E-state index in [1.807, 2.05) is 24.3 Å². The number of alkyl halides is 2. The number of hydrogen-bond donors (Lipinski definition) is 1. The summed E-state index contributed by atoms with van der Waals surface area (Å²) in [6.07, 6.45) is 0. The van der Waals surface area contributed by atoms with Crippen molar-refractivity contribution < 1.29 is 4.74 Å². The van der Waals surface area contributed by atoms with E-state index in [0.29, 0.717) is 18.4 Å². The molecule has 0 heterocycles. The number of ether oxygens (including phenoxy) is 1. The van der Waals surface area contributed by atoms with Gasteiger partial charge in [0.2, 0.25) is 0 Å². The van der Waals surface area contributed by atoms with Gasteiger partial charge in [-0.2, -0.15) is 0 Å². The smallest absolute Gasteiger partial charge is 0.119 e. The van der Waals surface area contributed by atoms with Gasteiger partial charge in [0, 0.05) is 37.1 Å². The second-order valence-electron chi connectivity index (χ2n) is 3.64. The van der Waals surface area contributed by atoms with Crippen molar-refractivity contribution in [3.8, 4) is 5.75 Å². The summed E-state index contributed by atoms with van der Waals surface area (Å²) in [5.41, 5.74) is 6.33. The highest BCUT2D eigenvalue weighted by Crippen LogP contribution is 2.12. The highest BCUT2D eigenvalue weighted by molar-refractivity contribution is 6.18. The third kappa shape index (κ3) is 6.01. The van der Waals surface area contributed by atoms with Crippen molar-refractivity contribution in [2.75, 3.05) is 43.7 Å². The molecule has 5 heteroatoms. The summed E-state index contributed by atoms with van der Waals surface area (Å²) in [4.78, 5) is 2.18. The number of rotatable bonds is 8. The van der Waals surface area contributed by atoms with Gasteiger partial charge in [-0.25, -0.2) is 0 Å². The van der Waals surface area contributed by atoms with E-state index in [2.05, 4.69) is 4.90 Å². The number of halogens is 2. The third-order valence-electron chi connectivity index (χ3n) is 2.36. The molecule has 0 saturated carbocycles. The zero-order valence-corrected chi connectivity index (χ0v) is 11.3. The molecule has 0 bridgehead atoms. The Bertz CT molecular complexity index is 300. The van der Waals surface area contributed by atoms with Crippen LogP contribution in [0.2, 0.25) is 0 Å². The highest BCUT2D eigenvalue weighted by atomic mass is 35.5. The van der Waals surface area contributed by atoms with Gasteiger partial charge in [-0.15, -0.1) is 23.2 Å². The molecule has 17 heavy (non-hydrogen) atoms. The van der Waals surface area contributed by atoms with E-state index in [0.717, 1.165) is 31.1 Å². The monoisotopic (exact) mass is 276 g/mol. The standard InChI is InChI=1S/C12H18Cl2N2O/c13-5-7-16(8-6-14)9-10-17-12-3-1-11(15)2-4-12/h1-4H,5-10,15H2. The predicted molar refractivity (Wildman–Crippen MR) is 74.2 cm³/mol. The lowest BCUT2D eigenvalue weighted by Gasteiger charge is -2.19. The number of nitrogen functional groups attached to an aromatic ring is 1. The van der Waals surface area contributed by atoms with Gasteiger partial charge >= 0.3 is 0 Å². The minimum absolute atomic E-state index is 0.610. The summed E-state index contributed by atoms with van der Waals surface area (Å²) in [6, 6.07) is 7.38. The Morgan fingerprint density at radius 1 is 1.00 bits per heavy atom. The van der Waals surface area contributed by atoms with Gasteiger partial charge in [-0.05, 0) is 24.3 Å². The van der Waals surface area contributed by atoms with Crippen molar-refractivity contribution >= 4 is 28.9 Å². The Morgan fingerprint density at radius 3 is 2.12 bits per heavy atom. The molecule has 0 unspecified atom stereocenters. The third-order valence-corrected chi connectivity index (χ3v) is 2.70. The molecule has 1 aromatic rings. The SMILES string of the molecule is Nc1ccc(OCCN(CCCl)CCCl)cc1. The topological polar surface area (TPSA) is 38.5 Å². The molecule has 0 amide bonds. The van der Waals surface area contributed by atoms with Crippen LogP contribution in [0.25, 0.3) is 0 Å². The van der Waals surface area contributed by atoms with Gasteiger partial charge in [0.15, 0.2) is 0 Å². The first-order chi connectivity index (χ1) is 8.26. The van der Waals surface area contributed by atoms with Crippen molar-refractivity contribution in [3.05, 3.63) is 24.3 Å². The summed E-state index contributed by atoms with van der Waals surface area (Å²) in [6.45, 7) is 3.11. The normalized spacial score (nSPS) is 10.8.